The van der Waals surface area contributed by atoms with E-state index in [0.29, 0.717) is 0 Å². The second kappa shape index (κ2) is 3.01. The molecule has 3 rings (SSSR count). The number of carbonyl (C=O) groups is 1. The highest BCUT2D eigenvalue weighted by molar-refractivity contribution is 6.06. The SMILES string of the molecule is CC1=C2c3ccccc3N(C)C2C(=O)N=N1. The number of azo groups is 1. The molecule has 1 aromatic carbocycles. The number of hydrogen-bond donors (Lipinski definition) is 0. The van der Waals surface area contributed by atoms with E-state index in [1.54, 1.807) is 0 Å². The third-order valence-electron chi connectivity index (χ3n) is 3.16. The van der Waals surface area contributed by atoms with Crippen LogP contribution in [0.25, 0.3) is 5.57 Å². The number of amides is 1. The van der Waals surface area contributed by atoms with Crippen molar-refractivity contribution in [3.8, 4) is 0 Å². The molecule has 2 aliphatic rings. The van der Waals surface area contributed by atoms with Crippen LogP contribution >= 0.6 is 0 Å². The maximum absolute atomic E-state index is 11.8. The molecule has 0 N–H and O–H groups in total. The van der Waals surface area contributed by atoms with Crippen LogP contribution < -0.4 is 4.90 Å². The van der Waals surface area contributed by atoms with E-state index in [1.165, 1.54) is 0 Å². The summed E-state index contributed by atoms with van der Waals surface area (Å²) < 4.78 is 0. The normalized spacial score (nSPS) is 22.5. The number of benzene rings is 1. The summed E-state index contributed by atoms with van der Waals surface area (Å²) in [6, 6.07) is 7.71. The molecule has 16 heavy (non-hydrogen) atoms. The Morgan fingerprint density at radius 3 is 2.81 bits per heavy atom. The first-order valence-electron chi connectivity index (χ1n) is 5.19. The third kappa shape index (κ3) is 1.01. The number of rotatable bonds is 0. The van der Waals surface area contributed by atoms with Crippen molar-refractivity contribution in [2.24, 2.45) is 10.2 Å². The molecule has 1 amide bonds. The number of fused-ring (bicyclic) bond motifs is 3. The second-order valence-corrected chi connectivity index (χ2v) is 4.07. The summed E-state index contributed by atoms with van der Waals surface area (Å²) in [5.74, 6) is -0.181. The van der Waals surface area contributed by atoms with Gasteiger partial charge < -0.3 is 4.90 Å². The number of nitrogens with zero attached hydrogens (tertiary/aromatic N) is 3. The van der Waals surface area contributed by atoms with Crippen LogP contribution in [0, 0.1) is 0 Å². The summed E-state index contributed by atoms with van der Waals surface area (Å²) in [6.45, 7) is 1.90. The number of allylic oxidation sites excluding steroid dienone is 1. The zero-order valence-electron chi connectivity index (χ0n) is 9.14. The number of likely N-dealkylation sites (N-methyl/N-ethyl adjacent to an activating group) is 1. The molecule has 0 spiro atoms. The zero-order valence-corrected chi connectivity index (χ0v) is 9.14. The van der Waals surface area contributed by atoms with Gasteiger partial charge in [-0.1, -0.05) is 18.2 Å². The maximum atomic E-state index is 11.8. The van der Waals surface area contributed by atoms with Crippen molar-refractivity contribution in [2.75, 3.05) is 11.9 Å². The van der Waals surface area contributed by atoms with E-state index >= 15 is 0 Å². The molecule has 4 heteroatoms. The van der Waals surface area contributed by atoms with Crippen molar-refractivity contribution < 1.29 is 4.79 Å². The number of anilines is 1. The lowest BCUT2D eigenvalue weighted by atomic mass is 9.99. The molecule has 1 atom stereocenters. The maximum Gasteiger partial charge on any atom is 0.291 e. The Kier molecular flexibility index (Phi) is 1.74. The highest BCUT2D eigenvalue weighted by Crippen LogP contribution is 2.43. The zero-order chi connectivity index (χ0) is 11.3. The Labute approximate surface area is 93.3 Å². The molecule has 0 aliphatic carbocycles. The van der Waals surface area contributed by atoms with Crippen molar-refractivity contribution in [1.82, 2.24) is 0 Å². The number of carbonyl (C=O) groups excluding carboxylic acids is 1. The summed E-state index contributed by atoms with van der Waals surface area (Å²) in [6.07, 6.45) is 0. The predicted molar refractivity (Wildman–Crippen MR) is 61.1 cm³/mol. The van der Waals surface area contributed by atoms with Gasteiger partial charge in [-0.15, -0.1) is 5.11 Å². The van der Waals surface area contributed by atoms with Crippen LogP contribution in [-0.2, 0) is 4.79 Å². The van der Waals surface area contributed by atoms with Gasteiger partial charge in [0.25, 0.3) is 5.91 Å². The number of hydrogen-bond acceptors (Lipinski definition) is 3. The Hall–Kier alpha value is -1.97. The monoisotopic (exact) mass is 213 g/mol. The fraction of sp³-hybridized carbons (Fsp3) is 0.250. The quantitative estimate of drug-likeness (QED) is 0.663. The van der Waals surface area contributed by atoms with Gasteiger partial charge in [0.1, 0.15) is 6.04 Å². The molecule has 2 heterocycles. The van der Waals surface area contributed by atoms with E-state index in [9.17, 15) is 4.79 Å². The fourth-order valence-corrected chi connectivity index (χ4v) is 2.40. The molecule has 1 unspecified atom stereocenters. The summed E-state index contributed by atoms with van der Waals surface area (Å²) >= 11 is 0. The van der Waals surface area contributed by atoms with Crippen molar-refractivity contribution in [3.63, 3.8) is 0 Å². The van der Waals surface area contributed by atoms with Crippen LogP contribution in [0.15, 0.2) is 40.2 Å². The van der Waals surface area contributed by atoms with Crippen LogP contribution in [0.5, 0.6) is 0 Å². The Morgan fingerprint density at radius 1 is 1.25 bits per heavy atom. The van der Waals surface area contributed by atoms with E-state index in [2.05, 4.69) is 10.2 Å². The fourth-order valence-electron chi connectivity index (χ4n) is 2.40. The van der Waals surface area contributed by atoms with Gasteiger partial charge in [-0.3, -0.25) is 4.79 Å². The first kappa shape index (κ1) is 9.27. The van der Waals surface area contributed by atoms with Crippen molar-refractivity contribution in [1.29, 1.82) is 0 Å². The van der Waals surface area contributed by atoms with Crippen molar-refractivity contribution >= 4 is 17.2 Å². The van der Waals surface area contributed by atoms with Crippen molar-refractivity contribution in [2.45, 2.75) is 13.0 Å². The molecule has 2 aliphatic heterocycles. The Morgan fingerprint density at radius 2 is 2.00 bits per heavy atom. The minimum Gasteiger partial charge on any atom is -0.358 e. The van der Waals surface area contributed by atoms with E-state index < -0.39 is 0 Å². The molecule has 0 aromatic heterocycles. The van der Waals surface area contributed by atoms with Gasteiger partial charge in [-0.25, -0.2) is 0 Å². The van der Waals surface area contributed by atoms with Crippen LogP contribution in [0.3, 0.4) is 0 Å². The van der Waals surface area contributed by atoms with E-state index in [1.807, 2.05) is 43.1 Å². The van der Waals surface area contributed by atoms with E-state index in [0.717, 1.165) is 22.5 Å². The Bertz CT molecular complexity index is 545. The average Bonchev–Trinajstić information content (AvgIpc) is 2.60. The lowest BCUT2D eigenvalue weighted by molar-refractivity contribution is -0.118. The average molecular weight is 213 g/mol. The molecule has 1 aromatic rings. The summed E-state index contributed by atoms with van der Waals surface area (Å²) in [5, 5.41) is 7.59. The van der Waals surface area contributed by atoms with E-state index in [4.69, 9.17) is 0 Å². The first-order chi connectivity index (χ1) is 7.70. The smallest absolute Gasteiger partial charge is 0.291 e. The van der Waals surface area contributed by atoms with Gasteiger partial charge in [0.2, 0.25) is 0 Å². The first-order valence-corrected chi connectivity index (χ1v) is 5.19. The van der Waals surface area contributed by atoms with Gasteiger partial charge in [0.15, 0.2) is 0 Å². The van der Waals surface area contributed by atoms with Gasteiger partial charge in [0.05, 0.1) is 5.70 Å². The van der Waals surface area contributed by atoms with Gasteiger partial charge in [0, 0.05) is 23.9 Å². The largest absolute Gasteiger partial charge is 0.358 e. The highest BCUT2D eigenvalue weighted by Gasteiger charge is 2.39. The third-order valence-corrected chi connectivity index (χ3v) is 3.16. The molecular formula is C12H11N3O. The minimum atomic E-state index is -0.283. The molecule has 0 saturated carbocycles. The summed E-state index contributed by atoms with van der Waals surface area (Å²) in [4.78, 5) is 13.7. The van der Waals surface area contributed by atoms with Crippen LogP contribution in [0.4, 0.5) is 5.69 Å². The van der Waals surface area contributed by atoms with Gasteiger partial charge in [-0.05, 0) is 13.0 Å². The molecule has 0 fully saturated rings. The Balaban J connectivity index is 2.30. The highest BCUT2D eigenvalue weighted by atomic mass is 16.2. The molecule has 0 saturated heterocycles. The van der Waals surface area contributed by atoms with E-state index in [-0.39, 0.29) is 11.9 Å². The summed E-state index contributed by atoms with van der Waals surface area (Å²) in [5.41, 5.74) is 4.00. The standard InChI is InChI=1S/C12H11N3O/c1-7-10-8-5-3-4-6-9(8)15(2)11(10)12(16)14-13-7/h3-6,11H,1-2H3. The van der Waals surface area contributed by atoms with Crippen molar-refractivity contribution in [3.05, 3.63) is 35.5 Å². The lowest BCUT2D eigenvalue weighted by Crippen LogP contribution is -2.35. The molecule has 80 valence electrons. The van der Waals surface area contributed by atoms with Crippen LogP contribution in [0.1, 0.15) is 12.5 Å². The van der Waals surface area contributed by atoms with Crippen LogP contribution in [-0.4, -0.2) is 19.0 Å². The van der Waals surface area contributed by atoms with Gasteiger partial charge >= 0.3 is 0 Å². The number of para-hydroxylation sites is 1. The molecule has 0 bridgehead atoms. The van der Waals surface area contributed by atoms with Crippen LogP contribution in [0.2, 0.25) is 0 Å². The molecular weight excluding hydrogens is 202 g/mol. The topological polar surface area (TPSA) is 45.0 Å². The van der Waals surface area contributed by atoms with Gasteiger partial charge in [-0.2, -0.15) is 5.11 Å². The summed E-state index contributed by atoms with van der Waals surface area (Å²) in [7, 11) is 1.92. The second-order valence-electron chi connectivity index (χ2n) is 4.07. The lowest BCUT2D eigenvalue weighted by Gasteiger charge is -2.21. The molecule has 0 radical (unpaired) electrons. The molecule has 4 nitrogen and oxygen atoms in total. The minimum absolute atomic E-state index is 0.181. The predicted octanol–water partition coefficient (Wildman–Crippen LogP) is 2.23.